The molecule has 1 saturated heterocycles. The summed E-state index contributed by atoms with van der Waals surface area (Å²) in [5.41, 5.74) is 6.71. The lowest BCUT2D eigenvalue weighted by molar-refractivity contribution is -0.132. The van der Waals surface area contributed by atoms with Crippen LogP contribution in [0.1, 0.15) is 39.5 Å². The molecule has 0 radical (unpaired) electrons. The van der Waals surface area contributed by atoms with E-state index in [4.69, 9.17) is 5.73 Å². The van der Waals surface area contributed by atoms with Crippen molar-refractivity contribution in [3.05, 3.63) is 12.2 Å². The molecule has 1 unspecified atom stereocenters. The molecule has 0 aromatic heterocycles. The molecule has 1 amide bonds. The molecule has 110 valence electrons. The van der Waals surface area contributed by atoms with Gasteiger partial charge in [0, 0.05) is 19.1 Å². The predicted octanol–water partition coefficient (Wildman–Crippen LogP) is 1.61. The maximum Gasteiger partial charge on any atom is 0.237 e. The van der Waals surface area contributed by atoms with Crippen LogP contribution in [-0.4, -0.2) is 54.5 Å². The summed E-state index contributed by atoms with van der Waals surface area (Å²) in [4.78, 5) is 16.5. The van der Waals surface area contributed by atoms with Crippen LogP contribution >= 0.6 is 0 Å². The summed E-state index contributed by atoms with van der Waals surface area (Å²) >= 11 is 0. The van der Waals surface area contributed by atoms with Gasteiger partial charge in [0.15, 0.2) is 0 Å². The van der Waals surface area contributed by atoms with Crippen LogP contribution in [0.3, 0.4) is 0 Å². The average molecular weight is 267 g/mol. The van der Waals surface area contributed by atoms with Crippen LogP contribution in [-0.2, 0) is 4.79 Å². The first kappa shape index (κ1) is 16.2. The van der Waals surface area contributed by atoms with Crippen LogP contribution < -0.4 is 5.73 Å². The van der Waals surface area contributed by atoms with Crippen molar-refractivity contribution in [3.8, 4) is 0 Å². The van der Waals surface area contributed by atoms with Crippen molar-refractivity contribution in [2.24, 2.45) is 5.73 Å². The van der Waals surface area contributed by atoms with E-state index in [1.165, 1.54) is 19.3 Å². The van der Waals surface area contributed by atoms with Crippen LogP contribution in [0.15, 0.2) is 12.2 Å². The minimum Gasteiger partial charge on any atom is -0.338 e. The number of likely N-dealkylation sites (tertiary alicyclic amines) is 1. The standard InChI is InChI=1S/C15H29N3O/c1-4-17(11-13(2)3)15(19)12-18-10-6-5-7-14(18)8-9-16/h14H,2,4-12,16H2,1,3H3. The van der Waals surface area contributed by atoms with Gasteiger partial charge in [-0.25, -0.2) is 0 Å². The molecule has 1 aliphatic rings. The Hall–Kier alpha value is -0.870. The van der Waals surface area contributed by atoms with Gasteiger partial charge in [-0.15, -0.1) is 0 Å². The number of likely N-dealkylation sites (N-methyl/N-ethyl adjacent to an activating group) is 1. The fourth-order valence-electron chi connectivity index (χ4n) is 2.76. The van der Waals surface area contributed by atoms with E-state index in [0.717, 1.165) is 25.1 Å². The highest BCUT2D eigenvalue weighted by atomic mass is 16.2. The molecule has 0 aliphatic carbocycles. The summed E-state index contributed by atoms with van der Waals surface area (Å²) in [5, 5.41) is 0. The molecule has 1 aliphatic heterocycles. The Balaban J connectivity index is 2.54. The SMILES string of the molecule is C=C(C)CN(CC)C(=O)CN1CCCCC1CCN. The van der Waals surface area contributed by atoms with E-state index in [2.05, 4.69) is 11.5 Å². The number of hydrogen-bond donors (Lipinski definition) is 1. The molecular formula is C15H29N3O. The second-order valence-corrected chi connectivity index (χ2v) is 5.56. The third-order valence-electron chi connectivity index (χ3n) is 3.78. The summed E-state index contributed by atoms with van der Waals surface area (Å²) < 4.78 is 0. The number of carbonyl (C=O) groups excluding carboxylic acids is 1. The van der Waals surface area contributed by atoms with Gasteiger partial charge in [0.1, 0.15) is 0 Å². The smallest absolute Gasteiger partial charge is 0.237 e. The zero-order valence-electron chi connectivity index (χ0n) is 12.5. The quantitative estimate of drug-likeness (QED) is 0.713. The van der Waals surface area contributed by atoms with Crippen LogP contribution in [0.5, 0.6) is 0 Å². The molecule has 0 saturated carbocycles. The van der Waals surface area contributed by atoms with Crippen LogP contribution in [0.4, 0.5) is 0 Å². The second kappa shape index (κ2) is 8.33. The fraction of sp³-hybridized carbons (Fsp3) is 0.800. The maximum atomic E-state index is 12.3. The van der Waals surface area contributed by atoms with Crippen molar-refractivity contribution < 1.29 is 4.79 Å². The molecule has 4 nitrogen and oxygen atoms in total. The van der Waals surface area contributed by atoms with E-state index >= 15 is 0 Å². The van der Waals surface area contributed by atoms with Gasteiger partial charge in [0.05, 0.1) is 6.54 Å². The fourth-order valence-corrected chi connectivity index (χ4v) is 2.76. The molecule has 0 aromatic carbocycles. The average Bonchev–Trinajstić information content (AvgIpc) is 2.38. The zero-order chi connectivity index (χ0) is 14.3. The first-order valence-corrected chi connectivity index (χ1v) is 7.44. The van der Waals surface area contributed by atoms with E-state index in [1.807, 2.05) is 18.7 Å². The molecule has 0 bridgehead atoms. The van der Waals surface area contributed by atoms with Gasteiger partial charge in [-0.05, 0) is 46.2 Å². The first-order valence-electron chi connectivity index (χ1n) is 7.44. The summed E-state index contributed by atoms with van der Waals surface area (Å²) in [6, 6.07) is 0.492. The normalized spacial score (nSPS) is 20.3. The molecule has 1 heterocycles. The maximum absolute atomic E-state index is 12.3. The Labute approximate surface area is 117 Å². The largest absolute Gasteiger partial charge is 0.338 e. The lowest BCUT2D eigenvalue weighted by Gasteiger charge is -2.36. The van der Waals surface area contributed by atoms with Crippen LogP contribution in [0.25, 0.3) is 0 Å². The summed E-state index contributed by atoms with van der Waals surface area (Å²) in [6.07, 6.45) is 4.64. The van der Waals surface area contributed by atoms with Gasteiger partial charge in [0.25, 0.3) is 0 Å². The minimum atomic E-state index is 0.217. The van der Waals surface area contributed by atoms with Crippen molar-refractivity contribution in [2.75, 3.05) is 32.7 Å². The topological polar surface area (TPSA) is 49.6 Å². The highest BCUT2D eigenvalue weighted by Crippen LogP contribution is 2.19. The van der Waals surface area contributed by atoms with Crippen molar-refractivity contribution in [1.82, 2.24) is 9.80 Å². The van der Waals surface area contributed by atoms with Crippen molar-refractivity contribution in [3.63, 3.8) is 0 Å². The number of rotatable bonds is 7. The molecular weight excluding hydrogens is 238 g/mol. The molecule has 0 spiro atoms. The number of piperidine rings is 1. The van der Waals surface area contributed by atoms with Crippen molar-refractivity contribution in [2.45, 2.75) is 45.6 Å². The summed E-state index contributed by atoms with van der Waals surface area (Å²) in [5.74, 6) is 0.217. The highest BCUT2D eigenvalue weighted by Gasteiger charge is 2.25. The third-order valence-corrected chi connectivity index (χ3v) is 3.78. The Kier molecular flexibility index (Phi) is 7.10. The molecule has 1 fully saturated rings. The number of carbonyl (C=O) groups is 1. The Morgan fingerprint density at radius 2 is 2.21 bits per heavy atom. The van der Waals surface area contributed by atoms with Gasteiger partial charge in [0.2, 0.25) is 5.91 Å². The van der Waals surface area contributed by atoms with Gasteiger partial charge in [-0.2, -0.15) is 0 Å². The lowest BCUT2D eigenvalue weighted by Crippen LogP contribution is -2.47. The predicted molar refractivity (Wildman–Crippen MR) is 80.0 cm³/mol. The van der Waals surface area contributed by atoms with Gasteiger partial charge in [-0.1, -0.05) is 18.6 Å². The van der Waals surface area contributed by atoms with E-state index in [0.29, 0.717) is 25.7 Å². The Morgan fingerprint density at radius 1 is 1.47 bits per heavy atom. The molecule has 2 N–H and O–H groups in total. The molecule has 1 rings (SSSR count). The van der Waals surface area contributed by atoms with Crippen LogP contribution in [0, 0.1) is 0 Å². The summed E-state index contributed by atoms with van der Waals surface area (Å²) in [6.45, 7) is 11.6. The van der Waals surface area contributed by atoms with Gasteiger partial charge >= 0.3 is 0 Å². The second-order valence-electron chi connectivity index (χ2n) is 5.56. The monoisotopic (exact) mass is 267 g/mol. The van der Waals surface area contributed by atoms with E-state index in [1.54, 1.807) is 0 Å². The highest BCUT2D eigenvalue weighted by molar-refractivity contribution is 5.78. The van der Waals surface area contributed by atoms with E-state index < -0.39 is 0 Å². The Morgan fingerprint density at radius 3 is 2.79 bits per heavy atom. The van der Waals surface area contributed by atoms with Crippen LogP contribution in [0.2, 0.25) is 0 Å². The number of nitrogens with zero attached hydrogens (tertiary/aromatic N) is 2. The number of hydrogen-bond acceptors (Lipinski definition) is 3. The van der Waals surface area contributed by atoms with E-state index in [9.17, 15) is 4.79 Å². The molecule has 19 heavy (non-hydrogen) atoms. The molecule has 4 heteroatoms. The zero-order valence-corrected chi connectivity index (χ0v) is 12.5. The number of amides is 1. The first-order chi connectivity index (χ1) is 9.08. The van der Waals surface area contributed by atoms with Crippen molar-refractivity contribution >= 4 is 5.91 Å². The van der Waals surface area contributed by atoms with Gasteiger partial charge in [-0.3, -0.25) is 9.69 Å². The molecule has 1 atom stereocenters. The van der Waals surface area contributed by atoms with E-state index in [-0.39, 0.29) is 5.91 Å². The van der Waals surface area contributed by atoms with Gasteiger partial charge < -0.3 is 10.6 Å². The third kappa shape index (κ3) is 5.33. The minimum absolute atomic E-state index is 0.217. The van der Waals surface area contributed by atoms with Crippen molar-refractivity contribution in [1.29, 1.82) is 0 Å². The molecule has 0 aromatic rings. The number of nitrogens with two attached hydrogens (primary N) is 1. The Bertz CT molecular complexity index is 302. The lowest BCUT2D eigenvalue weighted by atomic mass is 9.99. The summed E-state index contributed by atoms with van der Waals surface area (Å²) in [7, 11) is 0.